The summed E-state index contributed by atoms with van der Waals surface area (Å²) in [6, 6.07) is 14.8. The smallest absolute Gasteiger partial charge is 0.337 e. The van der Waals surface area contributed by atoms with Crippen molar-refractivity contribution in [3.05, 3.63) is 54.1 Å². The highest BCUT2D eigenvalue weighted by Crippen LogP contribution is 2.27. The summed E-state index contributed by atoms with van der Waals surface area (Å²) >= 11 is 0. The van der Waals surface area contributed by atoms with Crippen LogP contribution in [0, 0.1) is 0 Å². The molecular weight excluding hydrogens is 264 g/mol. The standard InChI is InChI=1S/C14H10N2O2.ClH/c17-14(18)11-8-4-7-10-12(15-16-13(10)11)9-5-2-1-3-6-9;/h1-8H,(H,15,16)(H,17,18);1H. The van der Waals surface area contributed by atoms with E-state index < -0.39 is 5.97 Å². The number of fused-ring (bicyclic) bond motifs is 1. The first kappa shape index (κ1) is 13.1. The molecule has 0 aliphatic rings. The molecule has 2 aromatic carbocycles. The lowest BCUT2D eigenvalue weighted by Crippen LogP contribution is -1.96. The van der Waals surface area contributed by atoms with Gasteiger partial charge in [0.15, 0.2) is 0 Å². The fraction of sp³-hybridized carbons (Fsp3) is 0. The molecule has 0 spiro atoms. The van der Waals surface area contributed by atoms with Crippen LogP contribution >= 0.6 is 12.4 Å². The molecule has 1 heterocycles. The number of hydrogen-bond donors (Lipinski definition) is 2. The Bertz CT molecular complexity index is 723. The summed E-state index contributed by atoms with van der Waals surface area (Å²) in [5.74, 6) is -0.955. The Balaban J connectivity index is 0.00000133. The minimum Gasteiger partial charge on any atom is -0.478 e. The van der Waals surface area contributed by atoms with Crippen LogP contribution in [0.15, 0.2) is 48.5 Å². The van der Waals surface area contributed by atoms with Gasteiger partial charge in [0.1, 0.15) is 0 Å². The number of hydrogen-bond acceptors (Lipinski definition) is 2. The van der Waals surface area contributed by atoms with Gasteiger partial charge < -0.3 is 5.11 Å². The molecule has 0 radical (unpaired) electrons. The monoisotopic (exact) mass is 274 g/mol. The van der Waals surface area contributed by atoms with E-state index in [1.165, 1.54) is 0 Å². The fourth-order valence-corrected chi connectivity index (χ4v) is 2.04. The third kappa shape index (κ3) is 2.18. The van der Waals surface area contributed by atoms with Crippen molar-refractivity contribution in [2.24, 2.45) is 0 Å². The third-order valence-electron chi connectivity index (χ3n) is 2.88. The number of rotatable bonds is 2. The molecule has 2 N–H and O–H groups in total. The lowest BCUT2D eigenvalue weighted by molar-refractivity contribution is 0.0699. The second-order valence-corrected chi connectivity index (χ2v) is 3.97. The maximum atomic E-state index is 11.1. The van der Waals surface area contributed by atoms with E-state index in [1.807, 2.05) is 36.4 Å². The molecule has 4 nitrogen and oxygen atoms in total. The van der Waals surface area contributed by atoms with E-state index in [0.29, 0.717) is 5.52 Å². The highest BCUT2D eigenvalue weighted by Gasteiger charge is 2.13. The number of para-hydroxylation sites is 1. The van der Waals surface area contributed by atoms with Crippen LogP contribution in [0.1, 0.15) is 10.4 Å². The third-order valence-corrected chi connectivity index (χ3v) is 2.88. The number of aromatic nitrogens is 2. The average Bonchev–Trinajstić information content (AvgIpc) is 2.83. The second-order valence-electron chi connectivity index (χ2n) is 3.97. The first-order valence-electron chi connectivity index (χ1n) is 5.53. The normalized spacial score (nSPS) is 10.1. The predicted octanol–water partition coefficient (Wildman–Crippen LogP) is 3.35. The topological polar surface area (TPSA) is 66.0 Å². The number of carbonyl (C=O) groups is 1. The van der Waals surface area contributed by atoms with Crippen LogP contribution in [0.4, 0.5) is 0 Å². The number of aromatic amines is 1. The van der Waals surface area contributed by atoms with Crippen molar-refractivity contribution >= 4 is 29.3 Å². The van der Waals surface area contributed by atoms with Crippen molar-refractivity contribution < 1.29 is 9.90 Å². The molecule has 3 aromatic rings. The summed E-state index contributed by atoms with van der Waals surface area (Å²) < 4.78 is 0. The van der Waals surface area contributed by atoms with E-state index in [-0.39, 0.29) is 18.0 Å². The van der Waals surface area contributed by atoms with Crippen LogP contribution in [-0.2, 0) is 0 Å². The van der Waals surface area contributed by atoms with Crippen LogP contribution in [0.25, 0.3) is 22.2 Å². The van der Waals surface area contributed by atoms with Crippen LogP contribution in [0.5, 0.6) is 0 Å². The van der Waals surface area contributed by atoms with Crippen LogP contribution < -0.4 is 0 Å². The SMILES string of the molecule is Cl.O=C(O)c1cccc2c(-c3ccccc3)n[nH]c12. The highest BCUT2D eigenvalue weighted by atomic mass is 35.5. The van der Waals surface area contributed by atoms with E-state index in [4.69, 9.17) is 5.11 Å². The highest BCUT2D eigenvalue weighted by molar-refractivity contribution is 6.05. The molecule has 0 fully saturated rings. The van der Waals surface area contributed by atoms with Gasteiger partial charge in [-0.1, -0.05) is 42.5 Å². The van der Waals surface area contributed by atoms with Crippen molar-refractivity contribution in [1.29, 1.82) is 0 Å². The average molecular weight is 275 g/mol. The molecule has 0 unspecified atom stereocenters. The summed E-state index contributed by atoms with van der Waals surface area (Å²) in [5.41, 5.74) is 2.53. The van der Waals surface area contributed by atoms with Crippen molar-refractivity contribution in [2.45, 2.75) is 0 Å². The van der Waals surface area contributed by atoms with E-state index in [2.05, 4.69) is 10.2 Å². The van der Waals surface area contributed by atoms with Gasteiger partial charge >= 0.3 is 5.97 Å². The van der Waals surface area contributed by atoms with E-state index >= 15 is 0 Å². The number of nitrogens with one attached hydrogen (secondary N) is 1. The number of benzene rings is 2. The molecule has 0 aliphatic carbocycles. The Hall–Kier alpha value is -2.33. The van der Waals surface area contributed by atoms with Gasteiger partial charge in [-0.2, -0.15) is 5.10 Å². The molecule has 5 heteroatoms. The largest absolute Gasteiger partial charge is 0.478 e. The lowest BCUT2D eigenvalue weighted by atomic mass is 10.1. The Kier molecular flexibility index (Phi) is 3.53. The number of carboxylic acids is 1. The molecule has 0 atom stereocenters. The Morgan fingerprint density at radius 1 is 1.05 bits per heavy atom. The molecule has 0 aliphatic heterocycles. The van der Waals surface area contributed by atoms with Gasteiger partial charge in [0.25, 0.3) is 0 Å². The lowest BCUT2D eigenvalue weighted by Gasteiger charge is -1.98. The molecule has 0 saturated heterocycles. The van der Waals surface area contributed by atoms with Crippen molar-refractivity contribution in [1.82, 2.24) is 10.2 Å². The molecule has 0 amide bonds. The summed E-state index contributed by atoms with van der Waals surface area (Å²) in [4.78, 5) is 11.1. The van der Waals surface area contributed by atoms with Gasteiger partial charge in [0, 0.05) is 10.9 Å². The van der Waals surface area contributed by atoms with Gasteiger partial charge in [-0.3, -0.25) is 5.10 Å². The zero-order chi connectivity index (χ0) is 12.5. The van der Waals surface area contributed by atoms with Crippen molar-refractivity contribution in [3.8, 4) is 11.3 Å². The zero-order valence-corrected chi connectivity index (χ0v) is 10.6. The van der Waals surface area contributed by atoms with Gasteiger partial charge in [-0.15, -0.1) is 12.4 Å². The van der Waals surface area contributed by atoms with Gasteiger partial charge in [-0.05, 0) is 6.07 Å². The van der Waals surface area contributed by atoms with Gasteiger partial charge in [-0.25, -0.2) is 4.79 Å². The number of carboxylic acid groups (broad SMARTS) is 1. The zero-order valence-electron chi connectivity index (χ0n) is 9.83. The van der Waals surface area contributed by atoms with Gasteiger partial charge in [0.05, 0.1) is 16.8 Å². The van der Waals surface area contributed by atoms with Crippen LogP contribution in [-0.4, -0.2) is 21.3 Å². The molecule has 96 valence electrons. The predicted molar refractivity (Wildman–Crippen MR) is 75.7 cm³/mol. The number of halogens is 1. The molecule has 0 bridgehead atoms. The Morgan fingerprint density at radius 3 is 2.47 bits per heavy atom. The molecule has 19 heavy (non-hydrogen) atoms. The summed E-state index contributed by atoms with van der Waals surface area (Å²) in [6.07, 6.45) is 0. The Morgan fingerprint density at radius 2 is 1.79 bits per heavy atom. The van der Waals surface area contributed by atoms with Gasteiger partial charge in [0.2, 0.25) is 0 Å². The van der Waals surface area contributed by atoms with E-state index in [1.54, 1.807) is 12.1 Å². The number of nitrogens with zero attached hydrogens (tertiary/aromatic N) is 1. The minimum atomic E-state index is -0.955. The summed E-state index contributed by atoms with van der Waals surface area (Å²) in [7, 11) is 0. The Labute approximate surface area is 115 Å². The van der Waals surface area contributed by atoms with Crippen LogP contribution in [0.3, 0.4) is 0 Å². The maximum absolute atomic E-state index is 11.1. The minimum absolute atomic E-state index is 0. The first-order chi connectivity index (χ1) is 8.77. The quantitative estimate of drug-likeness (QED) is 0.753. The van der Waals surface area contributed by atoms with Crippen LogP contribution in [0.2, 0.25) is 0 Å². The second kappa shape index (κ2) is 5.12. The van der Waals surface area contributed by atoms with E-state index in [0.717, 1.165) is 16.6 Å². The maximum Gasteiger partial charge on any atom is 0.337 e. The van der Waals surface area contributed by atoms with E-state index in [9.17, 15) is 4.79 Å². The summed E-state index contributed by atoms with van der Waals surface area (Å²) in [5, 5.41) is 17.0. The molecule has 3 rings (SSSR count). The molecular formula is C14H11ClN2O2. The fourth-order valence-electron chi connectivity index (χ4n) is 2.04. The number of H-pyrrole nitrogens is 1. The first-order valence-corrected chi connectivity index (χ1v) is 5.53. The van der Waals surface area contributed by atoms with Crippen molar-refractivity contribution in [3.63, 3.8) is 0 Å². The summed E-state index contributed by atoms with van der Waals surface area (Å²) in [6.45, 7) is 0. The number of aromatic carboxylic acids is 1. The molecule has 0 saturated carbocycles. The molecule has 1 aromatic heterocycles. The van der Waals surface area contributed by atoms with Crippen molar-refractivity contribution in [2.75, 3.05) is 0 Å².